The van der Waals surface area contributed by atoms with Crippen molar-refractivity contribution < 1.29 is 13.9 Å². The molecule has 37 heavy (non-hydrogen) atoms. The van der Waals surface area contributed by atoms with E-state index in [1.807, 2.05) is 57.2 Å². The lowest BCUT2D eigenvalue weighted by Gasteiger charge is -2.22. The summed E-state index contributed by atoms with van der Waals surface area (Å²) in [6.45, 7) is 7.45. The summed E-state index contributed by atoms with van der Waals surface area (Å²) in [6.07, 6.45) is 0.431. The number of H-pyrrole nitrogens is 1. The molecule has 8 heteroatoms. The number of carbonyl (C=O) groups excluding carboxylic acids is 1. The van der Waals surface area contributed by atoms with Crippen LogP contribution in [0.4, 0.5) is 10.1 Å². The molecule has 0 bridgehead atoms. The number of hydrogen-bond acceptors (Lipinski definition) is 5. The first-order chi connectivity index (χ1) is 18.0. The Labute approximate surface area is 215 Å². The van der Waals surface area contributed by atoms with Crippen molar-refractivity contribution in [3.8, 4) is 28.3 Å². The van der Waals surface area contributed by atoms with Crippen LogP contribution in [0.3, 0.4) is 0 Å². The number of nitrogens with zero attached hydrogens (tertiary/aromatic N) is 3. The normalized spacial score (nSPS) is 13.0. The minimum atomic E-state index is -0.354. The molecule has 0 fully saturated rings. The third kappa shape index (κ3) is 4.91. The molecule has 0 radical (unpaired) electrons. The average Bonchev–Trinajstić information content (AvgIpc) is 3.23. The Hall–Kier alpha value is -4.20. The molecular formula is C29H30FN5O2. The van der Waals surface area contributed by atoms with E-state index in [0.717, 1.165) is 33.8 Å². The number of aromatic nitrogens is 3. The van der Waals surface area contributed by atoms with E-state index in [1.54, 1.807) is 17.0 Å². The molecule has 0 saturated carbocycles. The number of anilines is 1. The fourth-order valence-electron chi connectivity index (χ4n) is 4.70. The second-order valence-corrected chi connectivity index (χ2v) is 9.06. The van der Waals surface area contributed by atoms with Gasteiger partial charge in [0.1, 0.15) is 24.0 Å². The van der Waals surface area contributed by atoms with Crippen LogP contribution in [0, 0.1) is 12.7 Å². The van der Waals surface area contributed by atoms with Crippen LogP contribution in [-0.4, -0.2) is 45.7 Å². The standard InChI is InChI=1S/C29H30FN5O2/c1-4-23-24(11-12-25(27(23)30)31-5-2)29(36)35-14-15-37-26-13-10-21(16-22(26)17-35)19-6-8-20(9-7-19)28-32-18(3)33-34-28/h6-13,16,31H,4-5,14-15,17H2,1-3H3,(H,32,33,34). The molecule has 0 unspecified atom stereocenters. The lowest BCUT2D eigenvalue weighted by Crippen LogP contribution is -2.33. The molecule has 3 aromatic carbocycles. The SMILES string of the molecule is CCNc1ccc(C(=O)N2CCOc3ccc(-c4ccc(-c5n[nH]c(C)n5)cc4)cc3C2)c(CC)c1F. The van der Waals surface area contributed by atoms with Crippen molar-refractivity contribution in [2.24, 2.45) is 0 Å². The highest BCUT2D eigenvalue weighted by molar-refractivity contribution is 5.96. The van der Waals surface area contributed by atoms with Gasteiger partial charge in [0.15, 0.2) is 5.82 Å². The summed E-state index contributed by atoms with van der Waals surface area (Å²) in [5, 5.41) is 10.1. The zero-order valence-electron chi connectivity index (χ0n) is 21.3. The Morgan fingerprint density at radius 3 is 2.54 bits per heavy atom. The van der Waals surface area contributed by atoms with Gasteiger partial charge in [0.25, 0.3) is 5.91 Å². The summed E-state index contributed by atoms with van der Waals surface area (Å²) in [5.74, 6) is 1.65. The third-order valence-corrected chi connectivity index (χ3v) is 6.60. The van der Waals surface area contributed by atoms with Crippen molar-refractivity contribution in [3.63, 3.8) is 0 Å². The fraction of sp³-hybridized carbons (Fsp3) is 0.276. The van der Waals surface area contributed by atoms with Gasteiger partial charge in [-0.25, -0.2) is 9.37 Å². The summed E-state index contributed by atoms with van der Waals surface area (Å²) in [4.78, 5) is 19.7. The molecule has 1 aromatic heterocycles. The molecule has 190 valence electrons. The van der Waals surface area contributed by atoms with E-state index in [-0.39, 0.29) is 11.7 Å². The molecule has 7 nitrogen and oxygen atoms in total. The van der Waals surface area contributed by atoms with Gasteiger partial charge in [-0.3, -0.25) is 9.89 Å². The summed E-state index contributed by atoms with van der Waals surface area (Å²) >= 11 is 0. The first-order valence-corrected chi connectivity index (χ1v) is 12.6. The van der Waals surface area contributed by atoms with Crippen LogP contribution >= 0.6 is 0 Å². The van der Waals surface area contributed by atoms with Gasteiger partial charge in [0.2, 0.25) is 0 Å². The molecule has 1 aliphatic heterocycles. The van der Waals surface area contributed by atoms with Gasteiger partial charge in [-0.05, 0) is 55.7 Å². The molecule has 1 amide bonds. The Kier molecular flexibility index (Phi) is 6.90. The fourth-order valence-corrected chi connectivity index (χ4v) is 4.70. The summed E-state index contributed by atoms with van der Waals surface area (Å²) in [6, 6.07) is 17.5. The Balaban J connectivity index is 1.41. The minimum absolute atomic E-state index is 0.188. The Morgan fingerprint density at radius 2 is 1.84 bits per heavy atom. The van der Waals surface area contributed by atoms with Crippen LogP contribution in [-0.2, 0) is 13.0 Å². The lowest BCUT2D eigenvalue weighted by molar-refractivity contribution is 0.0731. The highest BCUT2D eigenvalue weighted by Crippen LogP contribution is 2.31. The van der Waals surface area contributed by atoms with E-state index in [2.05, 4.69) is 26.6 Å². The van der Waals surface area contributed by atoms with Crippen molar-refractivity contribution in [2.75, 3.05) is 25.0 Å². The van der Waals surface area contributed by atoms with Gasteiger partial charge >= 0.3 is 0 Å². The van der Waals surface area contributed by atoms with Crippen LogP contribution in [0.5, 0.6) is 5.75 Å². The second-order valence-electron chi connectivity index (χ2n) is 9.06. The Morgan fingerprint density at radius 1 is 1.08 bits per heavy atom. The molecular weight excluding hydrogens is 469 g/mol. The van der Waals surface area contributed by atoms with Crippen molar-refractivity contribution in [1.82, 2.24) is 20.1 Å². The molecule has 2 N–H and O–H groups in total. The summed E-state index contributed by atoms with van der Waals surface area (Å²) in [7, 11) is 0. The maximum absolute atomic E-state index is 15.1. The lowest BCUT2D eigenvalue weighted by atomic mass is 10.00. The number of aromatic amines is 1. The topological polar surface area (TPSA) is 83.1 Å². The first-order valence-electron chi connectivity index (χ1n) is 12.6. The minimum Gasteiger partial charge on any atom is -0.491 e. The number of halogens is 1. The molecule has 0 spiro atoms. The zero-order chi connectivity index (χ0) is 25.9. The summed E-state index contributed by atoms with van der Waals surface area (Å²) in [5.41, 5.74) is 5.17. The van der Waals surface area contributed by atoms with Crippen LogP contribution in [0.15, 0.2) is 54.6 Å². The number of amides is 1. The van der Waals surface area contributed by atoms with Crippen LogP contribution in [0.25, 0.3) is 22.5 Å². The van der Waals surface area contributed by atoms with Gasteiger partial charge in [-0.15, -0.1) is 0 Å². The molecule has 5 rings (SSSR count). The van der Waals surface area contributed by atoms with E-state index >= 15 is 4.39 Å². The summed E-state index contributed by atoms with van der Waals surface area (Å²) < 4.78 is 21.0. The van der Waals surface area contributed by atoms with Gasteiger partial charge in [0.05, 0.1) is 12.2 Å². The average molecular weight is 500 g/mol. The molecule has 2 heterocycles. The first kappa shape index (κ1) is 24.5. The van der Waals surface area contributed by atoms with Crippen molar-refractivity contribution >= 4 is 11.6 Å². The maximum Gasteiger partial charge on any atom is 0.254 e. The number of hydrogen-bond donors (Lipinski definition) is 2. The van der Waals surface area contributed by atoms with Crippen molar-refractivity contribution in [3.05, 3.63) is 82.9 Å². The van der Waals surface area contributed by atoms with Crippen LogP contribution in [0.1, 0.15) is 41.2 Å². The van der Waals surface area contributed by atoms with E-state index in [9.17, 15) is 4.79 Å². The van der Waals surface area contributed by atoms with E-state index in [0.29, 0.717) is 55.3 Å². The number of ether oxygens (including phenoxy) is 1. The van der Waals surface area contributed by atoms with Gasteiger partial charge in [-0.1, -0.05) is 37.3 Å². The van der Waals surface area contributed by atoms with Gasteiger partial charge < -0.3 is 15.0 Å². The largest absolute Gasteiger partial charge is 0.491 e. The van der Waals surface area contributed by atoms with Crippen LogP contribution < -0.4 is 10.1 Å². The number of benzene rings is 3. The third-order valence-electron chi connectivity index (χ3n) is 6.60. The van der Waals surface area contributed by atoms with Gasteiger partial charge in [0, 0.05) is 35.3 Å². The Bertz CT molecular complexity index is 1430. The van der Waals surface area contributed by atoms with Crippen molar-refractivity contribution in [1.29, 1.82) is 0 Å². The highest BCUT2D eigenvalue weighted by Gasteiger charge is 2.25. The van der Waals surface area contributed by atoms with E-state index in [1.165, 1.54) is 0 Å². The highest BCUT2D eigenvalue weighted by atomic mass is 19.1. The number of aryl methyl sites for hydroxylation is 1. The molecule has 0 atom stereocenters. The van der Waals surface area contributed by atoms with Crippen molar-refractivity contribution in [2.45, 2.75) is 33.7 Å². The van der Waals surface area contributed by atoms with Gasteiger partial charge in [-0.2, -0.15) is 5.10 Å². The predicted molar refractivity (Wildman–Crippen MR) is 142 cm³/mol. The van der Waals surface area contributed by atoms with E-state index < -0.39 is 0 Å². The second kappa shape index (κ2) is 10.4. The maximum atomic E-state index is 15.1. The molecule has 0 aliphatic carbocycles. The molecule has 4 aromatic rings. The molecule has 1 aliphatic rings. The van der Waals surface area contributed by atoms with Crippen LogP contribution in [0.2, 0.25) is 0 Å². The smallest absolute Gasteiger partial charge is 0.254 e. The number of nitrogens with one attached hydrogen (secondary N) is 2. The van der Waals surface area contributed by atoms with E-state index in [4.69, 9.17) is 4.74 Å². The zero-order valence-corrected chi connectivity index (χ0v) is 21.3. The number of rotatable bonds is 6. The number of carbonyl (C=O) groups is 1. The quantitative estimate of drug-likeness (QED) is 0.360. The monoisotopic (exact) mass is 499 g/mol. The number of fused-ring (bicyclic) bond motifs is 1. The predicted octanol–water partition coefficient (Wildman–Crippen LogP) is 5.62. The molecule has 0 saturated heterocycles.